The van der Waals surface area contributed by atoms with Crippen molar-refractivity contribution >= 4 is 8.07 Å². The van der Waals surface area contributed by atoms with Gasteiger partial charge in [0.15, 0.2) is 0 Å². The first kappa shape index (κ1) is 32.5. The molecule has 0 nitrogen and oxygen atoms in total. The van der Waals surface area contributed by atoms with E-state index in [1.165, 1.54) is 12.2 Å². The smallest absolute Gasteiger partial charge is 0.229 e. The molecular weight excluding hydrogens is 522 g/mol. The van der Waals surface area contributed by atoms with Gasteiger partial charge < -0.3 is 0 Å². The van der Waals surface area contributed by atoms with Crippen molar-refractivity contribution in [3.63, 3.8) is 0 Å². The Morgan fingerprint density at radius 1 is 0.706 bits per heavy atom. The normalized spacial score (nSPS) is 17.2. The molecular formula is C19H22F14Si. The summed E-state index contributed by atoms with van der Waals surface area (Å²) in [6, 6.07) is 0.196. The third-order valence-corrected chi connectivity index (χ3v) is 9.36. The molecule has 0 bridgehead atoms. The summed E-state index contributed by atoms with van der Waals surface area (Å²) >= 11 is 0. The molecule has 15 heteroatoms. The lowest BCUT2D eigenvalue weighted by molar-refractivity contribution is -0.337. The summed E-state index contributed by atoms with van der Waals surface area (Å²) in [5, 5.41) is 0. The minimum Gasteiger partial charge on any atom is -0.229 e. The van der Waals surface area contributed by atoms with Crippen LogP contribution >= 0.6 is 0 Å². The number of rotatable bonds is 10. The zero-order chi connectivity index (χ0) is 27.6. The molecule has 0 amide bonds. The van der Waals surface area contributed by atoms with Crippen LogP contribution in [0.4, 0.5) is 61.5 Å². The summed E-state index contributed by atoms with van der Waals surface area (Å²) in [5.41, 5.74) is -20.6. The van der Waals surface area contributed by atoms with E-state index >= 15 is 0 Å². The first-order chi connectivity index (χ1) is 14.8. The monoisotopic (exact) mass is 544 g/mol. The van der Waals surface area contributed by atoms with Crippen LogP contribution in [0, 0.1) is 0 Å². The van der Waals surface area contributed by atoms with E-state index in [1.54, 1.807) is 6.55 Å². The summed E-state index contributed by atoms with van der Waals surface area (Å²) in [5.74, 6) is 0. The molecule has 0 aromatic heterocycles. The molecule has 0 aliphatic heterocycles. The van der Waals surface area contributed by atoms with Crippen molar-refractivity contribution in [3.8, 4) is 0 Å². The molecule has 0 spiro atoms. The molecule has 0 aromatic carbocycles. The Morgan fingerprint density at radius 3 is 1.35 bits per heavy atom. The van der Waals surface area contributed by atoms with Crippen LogP contribution < -0.4 is 0 Å². The molecule has 0 saturated heterocycles. The van der Waals surface area contributed by atoms with E-state index in [4.69, 9.17) is 0 Å². The molecule has 0 aromatic rings. The van der Waals surface area contributed by atoms with Gasteiger partial charge in [0.05, 0.1) is 8.07 Å². The molecule has 0 rings (SSSR count). The van der Waals surface area contributed by atoms with Crippen molar-refractivity contribution < 1.29 is 61.5 Å². The highest BCUT2D eigenvalue weighted by atomic mass is 28.3. The van der Waals surface area contributed by atoms with Crippen molar-refractivity contribution in [1.82, 2.24) is 0 Å². The Morgan fingerprint density at radius 2 is 1.09 bits per heavy atom. The van der Waals surface area contributed by atoms with Crippen molar-refractivity contribution in [3.05, 3.63) is 36.5 Å². The predicted octanol–water partition coefficient (Wildman–Crippen LogP) is 9.20. The van der Waals surface area contributed by atoms with Gasteiger partial charge >= 0.3 is 30.4 Å². The molecule has 1 atom stereocenters. The van der Waals surface area contributed by atoms with E-state index in [-0.39, 0.29) is 18.1 Å². The second kappa shape index (κ2) is 10.2. The van der Waals surface area contributed by atoms with Gasteiger partial charge in [-0.05, 0) is 25.4 Å². The molecule has 0 radical (unpaired) electrons. The van der Waals surface area contributed by atoms with Gasteiger partial charge in [0.2, 0.25) is 5.67 Å². The number of hydrogen-bond acceptors (Lipinski definition) is 0. The zero-order valence-corrected chi connectivity index (χ0v) is 18.9. The van der Waals surface area contributed by atoms with Gasteiger partial charge in [-0.2, -0.15) is 52.7 Å². The zero-order valence-electron chi connectivity index (χ0n) is 17.9. The minimum atomic E-state index is -7.40. The van der Waals surface area contributed by atoms with Gasteiger partial charge in [0.25, 0.3) is 0 Å². The fourth-order valence-electron chi connectivity index (χ4n) is 3.49. The topological polar surface area (TPSA) is 0 Å². The van der Waals surface area contributed by atoms with Gasteiger partial charge in [-0.25, -0.2) is 8.78 Å². The largest absolute Gasteiger partial charge is 0.435 e. The molecule has 200 valence electrons. The number of alkyl halides is 14. The highest BCUT2D eigenvalue weighted by molar-refractivity contribution is 6.79. The van der Waals surface area contributed by atoms with E-state index in [9.17, 15) is 61.5 Å². The Labute approximate surface area is 187 Å². The number of halogens is 14. The van der Waals surface area contributed by atoms with Gasteiger partial charge in [-0.1, -0.05) is 31.2 Å². The van der Waals surface area contributed by atoms with Gasteiger partial charge in [-0.15, -0.1) is 13.2 Å². The Kier molecular flexibility index (Phi) is 9.75. The van der Waals surface area contributed by atoms with E-state index in [1.807, 2.05) is 0 Å². The van der Waals surface area contributed by atoms with Crippen molar-refractivity contribution in [1.29, 1.82) is 0 Å². The van der Waals surface area contributed by atoms with E-state index < -0.39 is 75.0 Å². The maximum Gasteiger partial charge on any atom is 0.435 e. The Bertz CT molecular complexity index is 725. The third-order valence-electron chi connectivity index (χ3n) is 5.25. The van der Waals surface area contributed by atoms with Crippen LogP contribution in [0.3, 0.4) is 0 Å². The van der Waals surface area contributed by atoms with Crippen LogP contribution in [0.25, 0.3) is 0 Å². The second-order valence-electron chi connectivity index (χ2n) is 8.16. The maximum atomic E-state index is 14.6. The van der Waals surface area contributed by atoms with Crippen LogP contribution in [0.15, 0.2) is 36.5 Å². The third kappa shape index (κ3) is 6.77. The first-order valence-electron chi connectivity index (χ1n) is 9.44. The summed E-state index contributed by atoms with van der Waals surface area (Å²) in [6.45, 7) is 7.41. The van der Waals surface area contributed by atoms with Gasteiger partial charge in [0.1, 0.15) is 0 Å². The fraction of sp³-hybridized carbons (Fsp3) is 0.684. The molecule has 0 aliphatic carbocycles. The summed E-state index contributed by atoms with van der Waals surface area (Å²) < 4.78 is 189. The Balaban J connectivity index is 7.25. The van der Waals surface area contributed by atoms with Crippen molar-refractivity contribution in [2.45, 2.75) is 80.5 Å². The standard InChI is InChI=1S/C19H22F14Si/c1-5-9-34(4,10-6-2)11-7-8-12(16(22,23)24)13(14(3,20)17(25,26)27)15(21,18(28,29)30)19(31,32)33/h5-6H,1-2,7-11H2,3-4H3/b13-12+. The lowest BCUT2D eigenvalue weighted by atomic mass is 9.78. The first-order valence-corrected chi connectivity index (χ1v) is 12.6. The fourth-order valence-corrected chi connectivity index (χ4v) is 6.48. The Hall–Kier alpha value is -1.54. The highest BCUT2D eigenvalue weighted by Crippen LogP contribution is 2.59. The quantitative estimate of drug-likeness (QED) is 0.146. The van der Waals surface area contributed by atoms with Crippen LogP contribution in [0.5, 0.6) is 0 Å². The average molecular weight is 544 g/mol. The summed E-state index contributed by atoms with van der Waals surface area (Å²) in [7, 11) is -2.59. The molecule has 1 unspecified atom stereocenters. The van der Waals surface area contributed by atoms with Gasteiger partial charge in [-0.3, -0.25) is 0 Å². The second-order valence-corrected chi connectivity index (χ2v) is 13.1. The van der Waals surface area contributed by atoms with E-state index in [2.05, 4.69) is 13.2 Å². The molecule has 0 saturated carbocycles. The predicted molar refractivity (Wildman–Crippen MR) is 100 cm³/mol. The lowest BCUT2D eigenvalue weighted by Gasteiger charge is -2.40. The number of hydrogen-bond donors (Lipinski definition) is 0. The van der Waals surface area contributed by atoms with Crippen LogP contribution in [-0.2, 0) is 0 Å². The van der Waals surface area contributed by atoms with E-state index in [0.29, 0.717) is 0 Å². The average Bonchev–Trinajstić information content (AvgIpc) is 2.56. The van der Waals surface area contributed by atoms with Crippen molar-refractivity contribution in [2.24, 2.45) is 0 Å². The molecule has 0 heterocycles. The SMILES string of the molecule is C=CC[Si](C)(CC=C)CCC/C(=C(/C(C)(F)C(F)(F)F)C(F)(C(F)(F)F)C(F)(F)F)C(F)(F)F. The molecule has 34 heavy (non-hydrogen) atoms. The molecule has 0 fully saturated rings. The minimum absolute atomic E-state index is 0.221. The number of allylic oxidation sites excluding steroid dienone is 4. The van der Waals surface area contributed by atoms with E-state index in [0.717, 1.165) is 0 Å². The maximum absolute atomic E-state index is 14.6. The molecule has 0 N–H and O–H groups in total. The van der Waals surface area contributed by atoms with Crippen molar-refractivity contribution in [2.75, 3.05) is 0 Å². The summed E-state index contributed by atoms with van der Waals surface area (Å²) in [6.07, 6.45) is -28.0. The van der Waals surface area contributed by atoms with Crippen LogP contribution in [0.1, 0.15) is 19.8 Å². The lowest BCUT2D eigenvalue weighted by Crippen LogP contribution is -2.61. The van der Waals surface area contributed by atoms with Crippen LogP contribution in [-0.4, -0.2) is 44.1 Å². The van der Waals surface area contributed by atoms with Gasteiger partial charge in [0, 0.05) is 11.1 Å². The molecule has 0 aliphatic rings. The highest BCUT2D eigenvalue weighted by Gasteiger charge is 2.80. The summed E-state index contributed by atoms with van der Waals surface area (Å²) in [4.78, 5) is 0. The van der Waals surface area contributed by atoms with Crippen LogP contribution in [0.2, 0.25) is 24.7 Å².